The van der Waals surface area contributed by atoms with Gasteiger partial charge in [-0.1, -0.05) is 27.7 Å². The maximum absolute atomic E-state index is 12.7. The van der Waals surface area contributed by atoms with Crippen LogP contribution < -0.4 is 15.4 Å². The van der Waals surface area contributed by atoms with Crippen LogP contribution in [0.25, 0.3) is 0 Å². The van der Waals surface area contributed by atoms with Crippen molar-refractivity contribution in [3.05, 3.63) is 12.1 Å². The van der Waals surface area contributed by atoms with Crippen LogP contribution in [0.2, 0.25) is 0 Å². The van der Waals surface area contributed by atoms with Crippen LogP contribution in [0, 0.1) is 11.8 Å². The summed E-state index contributed by atoms with van der Waals surface area (Å²) in [5.74, 6) is -1.12. The van der Waals surface area contributed by atoms with Crippen molar-refractivity contribution in [1.29, 1.82) is 0 Å². The van der Waals surface area contributed by atoms with Gasteiger partial charge in [-0.15, -0.1) is 0 Å². The summed E-state index contributed by atoms with van der Waals surface area (Å²) in [6.07, 6.45) is -0.737. The molecule has 0 aromatic carbocycles. The van der Waals surface area contributed by atoms with Gasteiger partial charge in [-0.05, 0) is 24.0 Å². The Kier molecular flexibility index (Phi) is 4.25. The van der Waals surface area contributed by atoms with Gasteiger partial charge in [0.15, 0.2) is 17.7 Å². The predicted molar refractivity (Wildman–Crippen MR) is 81.7 cm³/mol. The van der Waals surface area contributed by atoms with E-state index in [-0.39, 0.29) is 23.5 Å². The van der Waals surface area contributed by atoms with Gasteiger partial charge in [0.1, 0.15) is 11.9 Å². The zero-order chi connectivity index (χ0) is 16.6. The lowest BCUT2D eigenvalue weighted by atomic mass is 9.98. The second kappa shape index (κ2) is 5.82. The van der Waals surface area contributed by atoms with Crippen LogP contribution in [0.5, 0.6) is 5.75 Å². The lowest BCUT2D eigenvalue weighted by Crippen LogP contribution is -2.57. The van der Waals surface area contributed by atoms with Crippen molar-refractivity contribution in [3.8, 4) is 5.75 Å². The minimum Gasteiger partial charge on any atom is -0.480 e. The van der Waals surface area contributed by atoms with Crippen molar-refractivity contribution in [2.75, 3.05) is 10.6 Å². The third-order valence-corrected chi connectivity index (χ3v) is 3.59. The summed E-state index contributed by atoms with van der Waals surface area (Å²) in [4.78, 5) is 29.7. The summed E-state index contributed by atoms with van der Waals surface area (Å²) < 4.78 is 5.70. The number of rotatable bonds is 4. The zero-order valence-corrected chi connectivity index (χ0v) is 13.1. The molecule has 2 unspecified atom stereocenters. The number of fused-ring (bicyclic) bond motifs is 1. The Balaban J connectivity index is 2.60. The average Bonchev–Trinajstić information content (AvgIpc) is 2.40. The van der Waals surface area contributed by atoms with Crippen molar-refractivity contribution in [2.24, 2.45) is 11.8 Å². The van der Waals surface area contributed by atoms with Crippen LogP contribution >= 0.6 is 0 Å². The minimum atomic E-state index is -1.08. The highest BCUT2D eigenvalue weighted by molar-refractivity contribution is 6.03. The van der Waals surface area contributed by atoms with Crippen LogP contribution in [0.1, 0.15) is 27.7 Å². The molecule has 2 rings (SSSR count). The summed E-state index contributed by atoms with van der Waals surface area (Å²) in [5, 5.41) is 9.54. The second-order valence-electron chi connectivity index (χ2n) is 6.08. The fraction of sp³-hybridized carbons (Fsp3) is 0.533. The third kappa shape index (κ3) is 2.70. The Morgan fingerprint density at radius 1 is 1.36 bits per heavy atom. The first-order valence-electron chi connectivity index (χ1n) is 7.23. The van der Waals surface area contributed by atoms with E-state index < -0.39 is 24.0 Å². The molecule has 2 atom stereocenters. The molecule has 2 heterocycles. The van der Waals surface area contributed by atoms with Gasteiger partial charge < -0.3 is 15.6 Å². The SMILES string of the molecule is CC(C)C1Oc2ccc(N)nc2N(C(C(=O)O)C(C)C)C1=O. The summed E-state index contributed by atoms with van der Waals surface area (Å²) in [6.45, 7) is 7.19. The van der Waals surface area contributed by atoms with Gasteiger partial charge in [0.2, 0.25) is 0 Å². The fourth-order valence-corrected chi connectivity index (χ4v) is 2.53. The molecular weight excluding hydrogens is 286 g/mol. The number of nitrogens with two attached hydrogens (primary N) is 1. The summed E-state index contributed by atoms with van der Waals surface area (Å²) in [6, 6.07) is 2.16. The van der Waals surface area contributed by atoms with Gasteiger partial charge >= 0.3 is 5.97 Å². The van der Waals surface area contributed by atoms with E-state index in [1.807, 2.05) is 13.8 Å². The lowest BCUT2D eigenvalue weighted by Gasteiger charge is -2.39. The molecule has 0 spiro atoms. The third-order valence-electron chi connectivity index (χ3n) is 3.59. The van der Waals surface area contributed by atoms with Crippen LogP contribution in [-0.2, 0) is 9.59 Å². The molecule has 1 aliphatic heterocycles. The minimum absolute atomic E-state index is 0.0951. The molecule has 0 saturated heterocycles. The highest BCUT2D eigenvalue weighted by Gasteiger charge is 2.44. The Morgan fingerprint density at radius 2 is 2.00 bits per heavy atom. The number of carboxylic acid groups (broad SMARTS) is 1. The van der Waals surface area contributed by atoms with Crippen molar-refractivity contribution in [1.82, 2.24) is 4.98 Å². The molecule has 0 aliphatic carbocycles. The predicted octanol–water partition coefficient (Wildman–Crippen LogP) is 1.52. The number of aromatic nitrogens is 1. The second-order valence-corrected chi connectivity index (χ2v) is 6.08. The molecule has 120 valence electrons. The smallest absolute Gasteiger partial charge is 0.327 e. The number of amides is 1. The summed E-state index contributed by atoms with van der Waals surface area (Å²) >= 11 is 0. The fourth-order valence-electron chi connectivity index (χ4n) is 2.53. The molecule has 0 fully saturated rings. The summed E-state index contributed by atoms with van der Waals surface area (Å²) in [5.41, 5.74) is 5.68. The molecular formula is C15H21N3O4. The summed E-state index contributed by atoms with van der Waals surface area (Å²) in [7, 11) is 0. The van der Waals surface area contributed by atoms with E-state index in [2.05, 4.69) is 4.98 Å². The molecule has 0 radical (unpaired) electrons. The number of carbonyl (C=O) groups is 2. The van der Waals surface area contributed by atoms with Gasteiger partial charge in [0, 0.05) is 0 Å². The Morgan fingerprint density at radius 3 is 2.50 bits per heavy atom. The van der Waals surface area contributed by atoms with E-state index in [0.29, 0.717) is 5.75 Å². The maximum atomic E-state index is 12.7. The number of carbonyl (C=O) groups excluding carboxylic acids is 1. The average molecular weight is 307 g/mol. The Bertz CT molecular complexity index is 600. The monoisotopic (exact) mass is 307 g/mol. The Hall–Kier alpha value is -2.31. The van der Waals surface area contributed by atoms with Gasteiger partial charge in [0.05, 0.1) is 0 Å². The maximum Gasteiger partial charge on any atom is 0.327 e. The first kappa shape index (κ1) is 16.1. The normalized spacial score (nSPS) is 19.1. The highest BCUT2D eigenvalue weighted by atomic mass is 16.5. The number of carboxylic acids is 1. The number of aliphatic carboxylic acids is 1. The van der Waals surface area contributed by atoms with Crippen LogP contribution in [0.3, 0.4) is 0 Å². The van der Waals surface area contributed by atoms with Crippen molar-refractivity contribution in [2.45, 2.75) is 39.8 Å². The van der Waals surface area contributed by atoms with E-state index in [1.54, 1.807) is 26.0 Å². The topological polar surface area (TPSA) is 106 Å². The largest absolute Gasteiger partial charge is 0.480 e. The number of hydrogen-bond donors (Lipinski definition) is 2. The molecule has 1 aromatic heterocycles. The van der Waals surface area contributed by atoms with Crippen LogP contribution in [0.4, 0.5) is 11.6 Å². The number of pyridine rings is 1. The zero-order valence-electron chi connectivity index (χ0n) is 13.1. The molecule has 0 bridgehead atoms. The first-order chi connectivity index (χ1) is 10.2. The first-order valence-corrected chi connectivity index (χ1v) is 7.23. The Labute approximate surface area is 129 Å². The van der Waals surface area contributed by atoms with Crippen LogP contribution in [-0.4, -0.2) is 34.1 Å². The number of nitrogens with zero attached hydrogens (tertiary/aromatic N) is 2. The molecule has 1 aliphatic rings. The highest BCUT2D eigenvalue weighted by Crippen LogP contribution is 2.37. The van der Waals surface area contributed by atoms with E-state index in [4.69, 9.17) is 10.5 Å². The van der Waals surface area contributed by atoms with Gasteiger partial charge in [-0.3, -0.25) is 9.69 Å². The van der Waals surface area contributed by atoms with E-state index in [9.17, 15) is 14.7 Å². The van der Waals surface area contributed by atoms with Gasteiger partial charge in [0.25, 0.3) is 5.91 Å². The van der Waals surface area contributed by atoms with E-state index in [1.165, 1.54) is 4.90 Å². The molecule has 22 heavy (non-hydrogen) atoms. The van der Waals surface area contributed by atoms with E-state index >= 15 is 0 Å². The standard InChI is InChI=1S/C15H21N3O4/c1-7(2)11(15(20)21)18-13-9(5-6-10(16)17-13)22-12(8(3)4)14(18)19/h5-8,11-12H,1-4H3,(H2,16,17)(H,20,21). The molecule has 1 aromatic rings. The van der Waals surface area contributed by atoms with Crippen molar-refractivity contribution < 1.29 is 19.4 Å². The molecule has 7 heteroatoms. The van der Waals surface area contributed by atoms with Gasteiger partial charge in [-0.2, -0.15) is 0 Å². The van der Waals surface area contributed by atoms with Gasteiger partial charge in [-0.25, -0.2) is 9.78 Å². The van der Waals surface area contributed by atoms with Crippen molar-refractivity contribution in [3.63, 3.8) is 0 Å². The molecule has 1 amide bonds. The quantitative estimate of drug-likeness (QED) is 0.873. The molecule has 7 nitrogen and oxygen atoms in total. The van der Waals surface area contributed by atoms with Crippen LogP contribution in [0.15, 0.2) is 12.1 Å². The number of ether oxygens (including phenoxy) is 1. The number of nitrogen functional groups attached to an aromatic ring is 1. The lowest BCUT2D eigenvalue weighted by molar-refractivity contribution is -0.143. The molecule has 0 saturated carbocycles. The number of hydrogen-bond acceptors (Lipinski definition) is 5. The van der Waals surface area contributed by atoms with E-state index in [0.717, 1.165) is 0 Å². The van der Waals surface area contributed by atoms with Crippen molar-refractivity contribution >= 4 is 23.5 Å². The molecule has 3 N–H and O–H groups in total. The number of anilines is 2.